The number of hydrogen-bond acceptors (Lipinski definition) is 6. The number of aliphatic hydroxyl groups excluding tert-OH is 4. The van der Waals surface area contributed by atoms with E-state index in [1.807, 2.05) is 12.1 Å². The van der Waals surface area contributed by atoms with Crippen LogP contribution in [0.1, 0.15) is 52.8 Å². The minimum atomic E-state index is -1.38. The number of ether oxygens (including phenoxy) is 2. The van der Waals surface area contributed by atoms with E-state index in [1.165, 1.54) is 22.3 Å². The van der Waals surface area contributed by atoms with Crippen LogP contribution < -0.4 is 4.74 Å². The Labute approximate surface area is 183 Å². The second-order valence-electron chi connectivity index (χ2n) is 8.54. The summed E-state index contributed by atoms with van der Waals surface area (Å²) in [5.41, 5.74) is 7.06. The van der Waals surface area contributed by atoms with Gasteiger partial charge < -0.3 is 29.9 Å². The van der Waals surface area contributed by atoms with Crippen LogP contribution in [0.15, 0.2) is 30.3 Å². The summed E-state index contributed by atoms with van der Waals surface area (Å²) in [6.45, 7) is 1.66. The Bertz CT molecular complexity index is 907. The molecule has 0 spiro atoms. The van der Waals surface area contributed by atoms with Crippen LogP contribution in [0.3, 0.4) is 0 Å². The summed E-state index contributed by atoms with van der Waals surface area (Å²) in [5, 5.41) is 40.9. The quantitative estimate of drug-likeness (QED) is 0.561. The molecule has 5 atom stereocenters. The van der Waals surface area contributed by atoms with Crippen molar-refractivity contribution in [3.63, 3.8) is 0 Å². The maximum absolute atomic E-state index is 10.8. The Balaban J connectivity index is 1.76. The minimum Gasteiger partial charge on any atom is -0.497 e. The molecule has 2 aromatic rings. The summed E-state index contributed by atoms with van der Waals surface area (Å²) in [5.74, 6) is 0.817. The zero-order valence-electron chi connectivity index (χ0n) is 18.1. The smallest absolute Gasteiger partial charge is 0.118 e. The standard InChI is InChI=1S/C25H32O6/c1-3-17-19-6-4-5-18(19)15(11-14-7-9-16(30-2)10-8-14)12-20(17)25-24(29)23(28)22(27)21(13-26)31-25/h7-10,12,21-29H,3-6,11,13H2,1-2H3/t21-,22?,23+,24+,25+/m1/s1. The molecule has 0 saturated carbocycles. The van der Waals surface area contributed by atoms with E-state index in [1.54, 1.807) is 7.11 Å². The SMILES string of the molecule is CCc1c([C@@H]2O[C@H](CO)C(O)[C@H](O)[C@@H]2O)cc(Cc2ccc(OC)cc2)c2c1CCC2. The fraction of sp³-hybridized carbons (Fsp3) is 0.520. The molecule has 4 N–H and O–H groups in total. The van der Waals surface area contributed by atoms with Gasteiger partial charge in [-0.1, -0.05) is 25.1 Å². The van der Waals surface area contributed by atoms with Crippen molar-refractivity contribution in [2.75, 3.05) is 13.7 Å². The fourth-order valence-electron chi connectivity index (χ4n) is 5.12. The van der Waals surface area contributed by atoms with E-state index in [2.05, 4.69) is 25.1 Å². The van der Waals surface area contributed by atoms with Crippen molar-refractivity contribution in [1.82, 2.24) is 0 Å². The molecule has 0 bridgehead atoms. The van der Waals surface area contributed by atoms with Crippen molar-refractivity contribution in [2.24, 2.45) is 0 Å². The van der Waals surface area contributed by atoms with E-state index in [0.717, 1.165) is 49.0 Å². The Hall–Kier alpha value is -1.96. The molecule has 168 valence electrons. The number of hydrogen-bond donors (Lipinski definition) is 4. The van der Waals surface area contributed by atoms with Crippen LogP contribution in [0.25, 0.3) is 0 Å². The van der Waals surface area contributed by atoms with Gasteiger partial charge in [-0.25, -0.2) is 0 Å². The summed E-state index contributed by atoms with van der Waals surface area (Å²) < 4.78 is 11.2. The zero-order valence-corrected chi connectivity index (χ0v) is 18.1. The highest BCUT2D eigenvalue weighted by Gasteiger charge is 2.45. The maximum Gasteiger partial charge on any atom is 0.118 e. The first-order chi connectivity index (χ1) is 15.0. The minimum absolute atomic E-state index is 0.424. The molecule has 0 radical (unpaired) electrons. The molecule has 31 heavy (non-hydrogen) atoms. The van der Waals surface area contributed by atoms with Crippen LogP contribution in [-0.4, -0.2) is 58.6 Å². The van der Waals surface area contributed by atoms with E-state index in [-0.39, 0.29) is 0 Å². The predicted octanol–water partition coefficient (Wildman–Crippen LogP) is 1.85. The second kappa shape index (κ2) is 9.27. The van der Waals surface area contributed by atoms with Crippen LogP contribution in [-0.2, 0) is 30.4 Å². The average molecular weight is 429 g/mol. The van der Waals surface area contributed by atoms with Gasteiger partial charge >= 0.3 is 0 Å². The van der Waals surface area contributed by atoms with E-state index < -0.39 is 37.1 Å². The zero-order chi connectivity index (χ0) is 22.1. The molecule has 1 aliphatic carbocycles. The lowest BCUT2D eigenvalue weighted by Gasteiger charge is -2.41. The van der Waals surface area contributed by atoms with Gasteiger partial charge in [0.15, 0.2) is 0 Å². The highest BCUT2D eigenvalue weighted by molar-refractivity contribution is 5.51. The lowest BCUT2D eigenvalue weighted by Crippen LogP contribution is -2.55. The third-order valence-electron chi connectivity index (χ3n) is 6.75. The second-order valence-corrected chi connectivity index (χ2v) is 8.54. The number of aliphatic hydroxyl groups is 4. The van der Waals surface area contributed by atoms with E-state index in [0.29, 0.717) is 0 Å². The van der Waals surface area contributed by atoms with Gasteiger partial charge in [-0.3, -0.25) is 0 Å². The fourth-order valence-corrected chi connectivity index (χ4v) is 5.12. The van der Waals surface area contributed by atoms with Crippen molar-refractivity contribution in [1.29, 1.82) is 0 Å². The summed E-state index contributed by atoms with van der Waals surface area (Å²) in [6, 6.07) is 10.1. The van der Waals surface area contributed by atoms with Crippen LogP contribution in [0, 0.1) is 0 Å². The monoisotopic (exact) mass is 428 g/mol. The number of methoxy groups -OCH3 is 1. The Morgan fingerprint density at radius 2 is 1.71 bits per heavy atom. The summed E-state index contributed by atoms with van der Waals surface area (Å²) in [6.07, 6.45) is -1.06. The van der Waals surface area contributed by atoms with Gasteiger partial charge in [0.1, 0.15) is 36.3 Å². The average Bonchev–Trinajstić information content (AvgIpc) is 3.28. The first kappa shape index (κ1) is 22.2. The molecule has 1 saturated heterocycles. The molecule has 6 nitrogen and oxygen atoms in total. The van der Waals surface area contributed by atoms with Crippen molar-refractivity contribution in [3.05, 3.63) is 63.7 Å². The van der Waals surface area contributed by atoms with Gasteiger partial charge in [-0.15, -0.1) is 0 Å². The molecule has 2 aliphatic rings. The number of benzene rings is 2. The van der Waals surface area contributed by atoms with Gasteiger partial charge in [-0.2, -0.15) is 0 Å². The first-order valence-electron chi connectivity index (χ1n) is 11.1. The van der Waals surface area contributed by atoms with Gasteiger partial charge in [-0.05, 0) is 77.6 Å². The normalized spacial score (nSPS) is 27.9. The van der Waals surface area contributed by atoms with E-state index >= 15 is 0 Å². The molecular weight excluding hydrogens is 396 g/mol. The summed E-state index contributed by atoms with van der Waals surface area (Å²) in [4.78, 5) is 0. The third-order valence-corrected chi connectivity index (χ3v) is 6.75. The van der Waals surface area contributed by atoms with Crippen LogP contribution >= 0.6 is 0 Å². The Morgan fingerprint density at radius 1 is 1.00 bits per heavy atom. The molecule has 0 amide bonds. The molecule has 2 aromatic carbocycles. The molecule has 6 heteroatoms. The van der Waals surface area contributed by atoms with Crippen molar-refractivity contribution >= 4 is 0 Å². The first-order valence-corrected chi connectivity index (χ1v) is 11.1. The molecule has 0 aromatic heterocycles. The predicted molar refractivity (Wildman–Crippen MR) is 116 cm³/mol. The molecule has 1 heterocycles. The molecular formula is C25H32O6. The lowest BCUT2D eigenvalue weighted by molar-refractivity contribution is -0.231. The summed E-state index contributed by atoms with van der Waals surface area (Å²) >= 11 is 0. The highest BCUT2D eigenvalue weighted by Crippen LogP contribution is 2.40. The highest BCUT2D eigenvalue weighted by atomic mass is 16.5. The number of fused-ring (bicyclic) bond motifs is 1. The molecule has 1 aliphatic heterocycles. The van der Waals surface area contributed by atoms with E-state index in [9.17, 15) is 20.4 Å². The largest absolute Gasteiger partial charge is 0.497 e. The van der Waals surface area contributed by atoms with Crippen molar-refractivity contribution in [3.8, 4) is 5.75 Å². The Kier molecular flexibility index (Phi) is 6.65. The van der Waals surface area contributed by atoms with Crippen LogP contribution in [0.4, 0.5) is 0 Å². The van der Waals surface area contributed by atoms with Crippen molar-refractivity contribution < 1.29 is 29.9 Å². The molecule has 1 unspecified atom stereocenters. The lowest BCUT2D eigenvalue weighted by atomic mass is 9.83. The van der Waals surface area contributed by atoms with Gasteiger partial charge in [0, 0.05) is 0 Å². The third kappa shape index (κ3) is 4.11. The Morgan fingerprint density at radius 3 is 2.35 bits per heavy atom. The molecule has 4 rings (SSSR count). The van der Waals surface area contributed by atoms with E-state index in [4.69, 9.17) is 9.47 Å². The van der Waals surface area contributed by atoms with Crippen molar-refractivity contribution in [2.45, 2.75) is 69.5 Å². The van der Waals surface area contributed by atoms with Gasteiger partial charge in [0.25, 0.3) is 0 Å². The maximum atomic E-state index is 10.8. The summed E-state index contributed by atoms with van der Waals surface area (Å²) in [7, 11) is 1.65. The molecule has 1 fully saturated rings. The topological polar surface area (TPSA) is 99.4 Å². The van der Waals surface area contributed by atoms with Gasteiger partial charge in [0.05, 0.1) is 13.7 Å². The van der Waals surface area contributed by atoms with Crippen LogP contribution in [0.5, 0.6) is 5.75 Å². The van der Waals surface area contributed by atoms with Crippen LogP contribution in [0.2, 0.25) is 0 Å². The van der Waals surface area contributed by atoms with Gasteiger partial charge in [0.2, 0.25) is 0 Å². The number of rotatable bonds is 6.